The zero-order chi connectivity index (χ0) is 12.0. The second kappa shape index (κ2) is 6.45. The molecule has 1 heterocycles. The molecule has 3 N–H and O–H groups in total. The fraction of sp³-hybridized carbons (Fsp3) is 0.455. The maximum absolute atomic E-state index is 11.5. The topological polar surface area (TPSA) is 68.0 Å². The Balaban J connectivity index is 2.45. The van der Waals surface area contributed by atoms with E-state index in [2.05, 4.69) is 10.3 Å². The molecule has 88 valence electrons. The smallest absolute Gasteiger partial charge is 0.227 e. The minimum absolute atomic E-state index is 0.0933. The van der Waals surface area contributed by atoms with E-state index in [9.17, 15) is 4.79 Å². The third kappa shape index (κ3) is 4.59. The van der Waals surface area contributed by atoms with Crippen molar-refractivity contribution in [3.05, 3.63) is 23.4 Å². The number of hydrogen-bond donors (Lipinski definition) is 2. The SMILES string of the molecule is CCCC(N)CC(=O)Nc1cc(Cl)ccn1. The molecule has 0 radical (unpaired) electrons. The molecule has 0 aliphatic heterocycles. The molecule has 4 nitrogen and oxygen atoms in total. The molecule has 1 aromatic rings. The van der Waals surface area contributed by atoms with Gasteiger partial charge in [0.15, 0.2) is 0 Å². The molecule has 0 saturated heterocycles. The number of halogens is 1. The Morgan fingerprint density at radius 1 is 1.69 bits per heavy atom. The maximum atomic E-state index is 11.5. The Hall–Kier alpha value is -1.13. The number of rotatable bonds is 5. The summed E-state index contributed by atoms with van der Waals surface area (Å²) in [6.45, 7) is 2.04. The van der Waals surface area contributed by atoms with Gasteiger partial charge in [-0.05, 0) is 18.6 Å². The fourth-order valence-electron chi connectivity index (χ4n) is 1.38. The molecule has 0 aliphatic carbocycles. The first-order valence-corrected chi connectivity index (χ1v) is 5.66. The van der Waals surface area contributed by atoms with Crippen LogP contribution in [-0.2, 0) is 4.79 Å². The van der Waals surface area contributed by atoms with Crippen molar-refractivity contribution in [2.75, 3.05) is 5.32 Å². The second-order valence-corrected chi connectivity index (χ2v) is 4.10. The lowest BCUT2D eigenvalue weighted by molar-refractivity contribution is -0.116. The van der Waals surface area contributed by atoms with Crippen LogP contribution in [0.2, 0.25) is 5.02 Å². The minimum atomic E-state index is -0.129. The van der Waals surface area contributed by atoms with Crippen molar-refractivity contribution in [1.82, 2.24) is 4.98 Å². The molecule has 1 rings (SSSR count). The third-order valence-corrected chi connectivity index (χ3v) is 2.33. The van der Waals surface area contributed by atoms with Gasteiger partial charge in [0.1, 0.15) is 5.82 Å². The van der Waals surface area contributed by atoms with Gasteiger partial charge in [0, 0.05) is 23.7 Å². The lowest BCUT2D eigenvalue weighted by Crippen LogP contribution is -2.27. The van der Waals surface area contributed by atoms with Crippen molar-refractivity contribution in [3.63, 3.8) is 0 Å². The summed E-state index contributed by atoms with van der Waals surface area (Å²) in [6, 6.07) is 3.16. The van der Waals surface area contributed by atoms with E-state index >= 15 is 0 Å². The maximum Gasteiger partial charge on any atom is 0.227 e. The summed E-state index contributed by atoms with van der Waals surface area (Å²) >= 11 is 5.77. The Kier molecular flexibility index (Phi) is 5.22. The molecule has 0 saturated carbocycles. The molecule has 0 spiro atoms. The van der Waals surface area contributed by atoms with Gasteiger partial charge in [-0.3, -0.25) is 4.79 Å². The molecule has 1 unspecified atom stereocenters. The molecule has 1 amide bonds. The van der Waals surface area contributed by atoms with Gasteiger partial charge >= 0.3 is 0 Å². The van der Waals surface area contributed by atoms with Gasteiger partial charge in [0.05, 0.1) is 0 Å². The van der Waals surface area contributed by atoms with Crippen molar-refractivity contribution in [2.24, 2.45) is 5.73 Å². The number of aromatic nitrogens is 1. The van der Waals surface area contributed by atoms with Crippen LogP contribution in [0.25, 0.3) is 0 Å². The van der Waals surface area contributed by atoms with Crippen molar-refractivity contribution in [3.8, 4) is 0 Å². The van der Waals surface area contributed by atoms with Gasteiger partial charge < -0.3 is 11.1 Å². The average molecular weight is 242 g/mol. The van der Waals surface area contributed by atoms with Gasteiger partial charge in [0.25, 0.3) is 0 Å². The van der Waals surface area contributed by atoms with Crippen LogP contribution in [0.3, 0.4) is 0 Å². The summed E-state index contributed by atoms with van der Waals surface area (Å²) in [6.07, 6.45) is 3.67. The Labute approximate surface area is 100 Å². The van der Waals surface area contributed by atoms with Gasteiger partial charge in [0.2, 0.25) is 5.91 Å². The first-order chi connectivity index (χ1) is 7.61. The lowest BCUT2D eigenvalue weighted by Gasteiger charge is -2.09. The predicted molar refractivity (Wildman–Crippen MR) is 65.4 cm³/mol. The number of nitrogens with one attached hydrogen (secondary N) is 1. The van der Waals surface area contributed by atoms with E-state index in [1.807, 2.05) is 6.92 Å². The minimum Gasteiger partial charge on any atom is -0.327 e. The Bertz CT molecular complexity index is 357. The third-order valence-electron chi connectivity index (χ3n) is 2.10. The van der Waals surface area contributed by atoms with Gasteiger partial charge in [-0.15, -0.1) is 0 Å². The Morgan fingerprint density at radius 2 is 2.44 bits per heavy atom. The van der Waals surface area contributed by atoms with E-state index < -0.39 is 0 Å². The van der Waals surface area contributed by atoms with Crippen LogP contribution < -0.4 is 11.1 Å². The number of nitrogens with zero attached hydrogens (tertiary/aromatic N) is 1. The number of anilines is 1. The van der Waals surface area contributed by atoms with E-state index in [1.165, 1.54) is 0 Å². The molecular formula is C11H16ClN3O. The van der Waals surface area contributed by atoms with Crippen LogP contribution in [-0.4, -0.2) is 16.9 Å². The molecule has 0 fully saturated rings. The van der Waals surface area contributed by atoms with Crippen LogP contribution in [0.5, 0.6) is 0 Å². The van der Waals surface area contributed by atoms with Gasteiger partial charge in [-0.25, -0.2) is 4.98 Å². The van der Waals surface area contributed by atoms with Crippen LogP contribution in [0.15, 0.2) is 18.3 Å². The molecule has 5 heteroatoms. The molecule has 0 aliphatic rings. The standard InChI is InChI=1S/C11H16ClN3O/c1-2-3-9(13)7-11(16)15-10-6-8(12)4-5-14-10/h4-6,9H,2-3,7,13H2,1H3,(H,14,15,16). The highest BCUT2D eigenvalue weighted by Gasteiger charge is 2.09. The number of hydrogen-bond acceptors (Lipinski definition) is 3. The van der Waals surface area contributed by atoms with E-state index in [0.29, 0.717) is 17.3 Å². The van der Waals surface area contributed by atoms with E-state index in [0.717, 1.165) is 12.8 Å². The summed E-state index contributed by atoms with van der Waals surface area (Å²) in [4.78, 5) is 15.5. The molecule has 0 aromatic carbocycles. The van der Waals surface area contributed by atoms with E-state index in [1.54, 1.807) is 18.3 Å². The van der Waals surface area contributed by atoms with Crippen LogP contribution in [0.4, 0.5) is 5.82 Å². The quantitative estimate of drug-likeness (QED) is 0.830. The first-order valence-electron chi connectivity index (χ1n) is 5.28. The summed E-state index contributed by atoms with van der Waals surface area (Å²) in [5, 5.41) is 3.20. The van der Waals surface area contributed by atoms with Crippen LogP contribution in [0.1, 0.15) is 26.2 Å². The average Bonchev–Trinajstić information content (AvgIpc) is 2.17. The van der Waals surface area contributed by atoms with Crippen molar-refractivity contribution in [1.29, 1.82) is 0 Å². The fourth-order valence-corrected chi connectivity index (χ4v) is 1.54. The predicted octanol–water partition coefficient (Wildman–Crippen LogP) is 2.19. The largest absolute Gasteiger partial charge is 0.327 e. The summed E-state index contributed by atoms with van der Waals surface area (Å²) in [5.74, 6) is 0.330. The highest BCUT2D eigenvalue weighted by Crippen LogP contribution is 2.12. The van der Waals surface area contributed by atoms with Crippen LogP contribution >= 0.6 is 11.6 Å². The van der Waals surface area contributed by atoms with Gasteiger partial charge in [-0.1, -0.05) is 24.9 Å². The Morgan fingerprint density at radius 3 is 3.06 bits per heavy atom. The van der Waals surface area contributed by atoms with Crippen molar-refractivity contribution >= 4 is 23.3 Å². The monoisotopic (exact) mass is 241 g/mol. The number of nitrogens with two attached hydrogens (primary N) is 1. The number of pyridine rings is 1. The van der Waals surface area contributed by atoms with Crippen molar-refractivity contribution < 1.29 is 4.79 Å². The highest BCUT2D eigenvalue weighted by molar-refractivity contribution is 6.30. The zero-order valence-corrected chi connectivity index (χ0v) is 10.00. The van der Waals surface area contributed by atoms with Crippen molar-refractivity contribution in [2.45, 2.75) is 32.2 Å². The molecule has 16 heavy (non-hydrogen) atoms. The second-order valence-electron chi connectivity index (χ2n) is 3.66. The number of carbonyl (C=O) groups excluding carboxylic acids is 1. The van der Waals surface area contributed by atoms with Crippen LogP contribution in [0, 0.1) is 0 Å². The first kappa shape index (κ1) is 12.9. The number of amides is 1. The lowest BCUT2D eigenvalue weighted by atomic mass is 10.1. The summed E-state index contributed by atoms with van der Waals surface area (Å²) < 4.78 is 0. The molecule has 1 aromatic heterocycles. The van der Waals surface area contributed by atoms with E-state index in [4.69, 9.17) is 17.3 Å². The van der Waals surface area contributed by atoms with E-state index in [-0.39, 0.29) is 11.9 Å². The zero-order valence-electron chi connectivity index (χ0n) is 9.24. The normalized spacial score (nSPS) is 12.2. The van der Waals surface area contributed by atoms with Gasteiger partial charge in [-0.2, -0.15) is 0 Å². The molecule has 0 bridgehead atoms. The molecular weight excluding hydrogens is 226 g/mol. The summed E-state index contributed by atoms with van der Waals surface area (Å²) in [7, 11) is 0. The molecule has 1 atom stereocenters. The summed E-state index contributed by atoms with van der Waals surface area (Å²) in [5.41, 5.74) is 5.76. The number of carbonyl (C=O) groups is 1. The highest BCUT2D eigenvalue weighted by atomic mass is 35.5.